The molecule has 3 saturated carbocycles. The molecule has 0 aromatic carbocycles. The minimum Gasteiger partial charge on any atom is -0.462 e. The van der Waals surface area contributed by atoms with Gasteiger partial charge < -0.3 is 4.74 Å². The summed E-state index contributed by atoms with van der Waals surface area (Å²) in [5.41, 5.74) is 3.61. The number of hydrogen-bond donors (Lipinski definition) is 0. The van der Waals surface area contributed by atoms with Crippen LogP contribution in [0.15, 0.2) is 36.2 Å². The molecule has 0 saturated heterocycles. The highest BCUT2D eigenvalue weighted by Gasteiger charge is 2.59. The third-order valence-corrected chi connectivity index (χ3v) is 11.9. The Hall–Kier alpha value is -1.64. The molecule has 0 bridgehead atoms. The van der Waals surface area contributed by atoms with E-state index in [1.165, 1.54) is 57.8 Å². The number of carbonyl (C=O) groups is 1. The third-order valence-electron chi connectivity index (χ3n) is 11.9. The van der Waals surface area contributed by atoms with Gasteiger partial charge in [0.1, 0.15) is 6.10 Å². The summed E-state index contributed by atoms with van der Waals surface area (Å²) in [4.78, 5) is 16.7. The predicted octanol–water partition coefficient (Wildman–Crippen LogP) is 8.97. The fourth-order valence-electron chi connectivity index (χ4n) is 9.79. The highest BCUT2D eigenvalue weighted by atomic mass is 16.5. The molecule has 0 aliphatic heterocycles. The molecule has 3 nitrogen and oxygen atoms in total. The van der Waals surface area contributed by atoms with Crippen molar-refractivity contribution < 1.29 is 9.53 Å². The molecule has 4 aliphatic carbocycles. The lowest BCUT2D eigenvalue weighted by Crippen LogP contribution is -2.51. The van der Waals surface area contributed by atoms with E-state index in [9.17, 15) is 4.79 Å². The Labute approximate surface area is 232 Å². The van der Waals surface area contributed by atoms with Crippen LogP contribution in [0.4, 0.5) is 0 Å². The molecule has 0 amide bonds. The molecular formula is C35H53NO2. The summed E-state index contributed by atoms with van der Waals surface area (Å²) < 4.78 is 6.02. The van der Waals surface area contributed by atoms with Gasteiger partial charge in [-0.1, -0.05) is 65.5 Å². The standard InChI is InChI=1S/C35H53NO2/c1-24(2)7-6-8-25(3)30-12-13-31-29-11-10-27-23-28(38-33(37)14-9-26-17-21-36-22-18-26)15-19-34(27,4)32(29)16-20-35(30,31)5/h10,17-18,21-22,24-25,28-32H,6-9,11-16,19-20,23H2,1-5H3/t25-,28?,29+,30-,31?,32+,34+,35-/m1/s1. The van der Waals surface area contributed by atoms with Gasteiger partial charge in [0.2, 0.25) is 0 Å². The fourth-order valence-corrected chi connectivity index (χ4v) is 9.79. The number of aryl methyl sites for hydroxylation is 1. The van der Waals surface area contributed by atoms with Gasteiger partial charge in [-0.15, -0.1) is 0 Å². The normalized spacial score (nSPS) is 37.1. The van der Waals surface area contributed by atoms with E-state index in [1.807, 2.05) is 12.1 Å². The number of ether oxygens (including phenoxy) is 1. The Bertz CT molecular complexity index is 985. The minimum atomic E-state index is -0.0438. The molecule has 5 rings (SSSR count). The largest absolute Gasteiger partial charge is 0.462 e. The second-order valence-electron chi connectivity index (χ2n) is 14.5. The molecule has 1 aromatic heterocycles. The zero-order valence-corrected chi connectivity index (χ0v) is 24.9. The van der Waals surface area contributed by atoms with Crippen molar-refractivity contribution in [2.24, 2.45) is 46.3 Å². The Morgan fingerprint density at radius 1 is 1.03 bits per heavy atom. The Morgan fingerprint density at radius 2 is 1.82 bits per heavy atom. The number of nitrogens with zero attached hydrogens (tertiary/aromatic N) is 1. The van der Waals surface area contributed by atoms with Crippen molar-refractivity contribution in [3.8, 4) is 0 Å². The first-order valence-electron chi connectivity index (χ1n) is 16.0. The summed E-state index contributed by atoms with van der Waals surface area (Å²) in [7, 11) is 0. The number of esters is 1. The van der Waals surface area contributed by atoms with Crippen LogP contribution in [-0.4, -0.2) is 17.1 Å². The van der Waals surface area contributed by atoms with Crippen LogP contribution in [0, 0.1) is 46.3 Å². The van der Waals surface area contributed by atoms with Crippen LogP contribution in [0.1, 0.15) is 117 Å². The lowest BCUT2D eigenvalue weighted by molar-refractivity contribution is -0.151. The van der Waals surface area contributed by atoms with Crippen LogP contribution >= 0.6 is 0 Å². The van der Waals surface area contributed by atoms with Crippen molar-refractivity contribution in [1.82, 2.24) is 4.98 Å². The minimum absolute atomic E-state index is 0.0438. The average Bonchev–Trinajstić information content (AvgIpc) is 3.25. The molecule has 0 spiro atoms. The van der Waals surface area contributed by atoms with E-state index < -0.39 is 0 Å². The summed E-state index contributed by atoms with van der Waals surface area (Å²) in [5.74, 6) is 5.15. The maximum Gasteiger partial charge on any atom is 0.306 e. The first-order chi connectivity index (χ1) is 18.2. The van der Waals surface area contributed by atoms with Gasteiger partial charge in [0.15, 0.2) is 0 Å². The SMILES string of the molecule is CC(C)CCC[C@@H](C)[C@H]1CCC2[C@@H]3CC=C4CC(OC(=O)CCc5ccncc5)CC[C@]4(C)[C@H]3CC[C@@]21C. The van der Waals surface area contributed by atoms with Gasteiger partial charge >= 0.3 is 5.97 Å². The zero-order valence-electron chi connectivity index (χ0n) is 24.9. The second-order valence-corrected chi connectivity index (χ2v) is 14.5. The van der Waals surface area contributed by atoms with Crippen molar-refractivity contribution in [3.05, 3.63) is 41.7 Å². The number of hydrogen-bond acceptors (Lipinski definition) is 3. The van der Waals surface area contributed by atoms with Crippen molar-refractivity contribution >= 4 is 5.97 Å². The average molecular weight is 520 g/mol. The van der Waals surface area contributed by atoms with E-state index in [2.05, 4.69) is 45.7 Å². The lowest BCUT2D eigenvalue weighted by atomic mass is 9.47. The zero-order chi connectivity index (χ0) is 26.9. The Morgan fingerprint density at radius 3 is 2.58 bits per heavy atom. The summed E-state index contributed by atoms with van der Waals surface area (Å²) in [6, 6.07) is 3.97. The van der Waals surface area contributed by atoms with Gasteiger partial charge in [0.25, 0.3) is 0 Å². The van der Waals surface area contributed by atoms with Gasteiger partial charge in [-0.3, -0.25) is 9.78 Å². The predicted molar refractivity (Wildman–Crippen MR) is 155 cm³/mol. The molecule has 3 heteroatoms. The van der Waals surface area contributed by atoms with Gasteiger partial charge in [-0.2, -0.15) is 0 Å². The smallest absolute Gasteiger partial charge is 0.306 e. The molecule has 1 aromatic rings. The van der Waals surface area contributed by atoms with Gasteiger partial charge in [-0.05, 0) is 115 Å². The van der Waals surface area contributed by atoms with E-state index in [0.29, 0.717) is 17.3 Å². The van der Waals surface area contributed by atoms with Crippen LogP contribution < -0.4 is 0 Å². The van der Waals surface area contributed by atoms with E-state index in [-0.39, 0.29) is 12.1 Å². The highest BCUT2D eigenvalue weighted by molar-refractivity contribution is 5.70. The quantitative estimate of drug-likeness (QED) is 0.241. The highest BCUT2D eigenvalue weighted by Crippen LogP contribution is 2.67. The summed E-state index contributed by atoms with van der Waals surface area (Å²) in [6.07, 6.45) is 21.8. The summed E-state index contributed by atoms with van der Waals surface area (Å²) in [5, 5.41) is 0. The third kappa shape index (κ3) is 5.50. The number of carbonyl (C=O) groups excluding carboxylic acids is 1. The first-order valence-corrected chi connectivity index (χ1v) is 16.0. The summed E-state index contributed by atoms with van der Waals surface area (Å²) in [6.45, 7) is 12.6. The van der Waals surface area contributed by atoms with Crippen LogP contribution in [0.25, 0.3) is 0 Å². The molecule has 2 unspecified atom stereocenters. The van der Waals surface area contributed by atoms with E-state index >= 15 is 0 Å². The Kier molecular flexibility index (Phi) is 8.42. The fraction of sp³-hybridized carbons (Fsp3) is 0.771. The van der Waals surface area contributed by atoms with E-state index in [1.54, 1.807) is 18.0 Å². The molecule has 8 atom stereocenters. The number of fused-ring (bicyclic) bond motifs is 5. The van der Waals surface area contributed by atoms with Crippen LogP contribution in [0.5, 0.6) is 0 Å². The molecule has 0 N–H and O–H groups in total. The van der Waals surface area contributed by atoms with Crippen molar-refractivity contribution in [2.75, 3.05) is 0 Å². The van der Waals surface area contributed by atoms with Gasteiger partial charge in [0.05, 0.1) is 0 Å². The lowest BCUT2D eigenvalue weighted by Gasteiger charge is -2.58. The maximum atomic E-state index is 12.6. The number of pyridine rings is 1. The van der Waals surface area contributed by atoms with Crippen LogP contribution in [-0.2, 0) is 16.0 Å². The molecule has 38 heavy (non-hydrogen) atoms. The topological polar surface area (TPSA) is 39.2 Å². The van der Waals surface area contributed by atoms with E-state index in [4.69, 9.17) is 4.74 Å². The molecule has 0 radical (unpaired) electrons. The molecule has 1 heterocycles. The molecule has 3 fully saturated rings. The monoisotopic (exact) mass is 519 g/mol. The molecule has 210 valence electrons. The van der Waals surface area contributed by atoms with Crippen LogP contribution in [0.2, 0.25) is 0 Å². The van der Waals surface area contributed by atoms with Crippen LogP contribution in [0.3, 0.4) is 0 Å². The van der Waals surface area contributed by atoms with Crippen molar-refractivity contribution in [2.45, 2.75) is 124 Å². The van der Waals surface area contributed by atoms with Crippen molar-refractivity contribution in [3.63, 3.8) is 0 Å². The van der Waals surface area contributed by atoms with E-state index in [0.717, 1.165) is 60.3 Å². The van der Waals surface area contributed by atoms with Gasteiger partial charge in [0, 0.05) is 25.2 Å². The first kappa shape index (κ1) is 27.9. The van der Waals surface area contributed by atoms with Gasteiger partial charge in [-0.25, -0.2) is 0 Å². The number of allylic oxidation sites excluding steroid dienone is 1. The van der Waals surface area contributed by atoms with Crippen molar-refractivity contribution in [1.29, 1.82) is 0 Å². The molecular weight excluding hydrogens is 466 g/mol. The maximum absolute atomic E-state index is 12.6. The summed E-state index contributed by atoms with van der Waals surface area (Å²) >= 11 is 0. The number of aromatic nitrogens is 1. The number of rotatable bonds is 9. The molecule has 4 aliphatic rings. The Balaban J connectivity index is 1.19. The second kappa shape index (κ2) is 11.5.